The van der Waals surface area contributed by atoms with E-state index in [1.807, 2.05) is 19.9 Å². The minimum atomic E-state index is -3.39. The molecule has 238 valence electrons. The quantitative estimate of drug-likeness (QED) is 0.235. The second kappa shape index (κ2) is 18.0. The number of rotatable bonds is 8. The van der Waals surface area contributed by atoms with Crippen LogP contribution in [0.15, 0.2) is 25.3 Å². The fourth-order valence-electron chi connectivity index (χ4n) is 3.52. The highest BCUT2D eigenvalue weighted by Crippen LogP contribution is 2.54. The summed E-state index contributed by atoms with van der Waals surface area (Å²) in [5.41, 5.74) is -0.804. The molecule has 0 heterocycles. The Morgan fingerprint density at radius 1 is 0.886 bits per heavy atom. The SMILES string of the molecule is C#CC#CC.C#CC#CC#C.C=C[C@@H]1C[C@]1(C)C(=O)NS(=O)(=O)C1CC1.C=C[C@@H]1C[C@]1(C)C(=O)OCC.NS(=O)(=O)C1CC1. The minimum Gasteiger partial charge on any atom is -0.466 e. The monoisotopic (exact) mass is 642 g/mol. The lowest BCUT2D eigenvalue weighted by molar-refractivity contribution is -0.149. The molecule has 0 aromatic heterocycles. The van der Waals surface area contributed by atoms with E-state index in [1.165, 1.54) is 0 Å². The lowest BCUT2D eigenvalue weighted by Crippen LogP contribution is -2.38. The van der Waals surface area contributed by atoms with Crippen molar-refractivity contribution in [2.45, 2.75) is 76.7 Å². The Morgan fingerprint density at radius 2 is 1.32 bits per heavy atom. The number of esters is 1. The molecule has 44 heavy (non-hydrogen) atoms. The number of primary sulfonamides is 1. The van der Waals surface area contributed by atoms with Gasteiger partial charge in [0, 0.05) is 0 Å². The number of carbonyl (C=O) groups excluding carboxylic acids is 2. The van der Waals surface area contributed by atoms with E-state index < -0.39 is 25.5 Å². The largest absolute Gasteiger partial charge is 0.466 e. The summed E-state index contributed by atoms with van der Waals surface area (Å²) < 4.78 is 50.5. The van der Waals surface area contributed by atoms with Crippen LogP contribution in [-0.2, 0) is 34.4 Å². The topological polar surface area (TPSA) is 150 Å². The smallest absolute Gasteiger partial charge is 0.312 e. The average molecular weight is 643 g/mol. The fourth-order valence-corrected chi connectivity index (χ4v) is 5.73. The van der Waals surface area contributed by atoms with Crippen molar-refractivity contribution < 1.29 is 31.2 Å². The number of nitrogens with one attached hydrogen (secondary N) is 1. The van der Waals surface area contributed by atoms with Gasteiger partial charge in [0.25, 0.3) is 0 Å². The highest BCUT2D eigenvalue weighted by molar-refractivity contribution is 7.91. The Hall–Kier alpha value is -3.92. The van der Waals surface area contributed by atoms with Crippen LogP contribution in [0, 0.1) is 83.4 Å². The molecule has 4 aliphatic rings. The van der Waals surface area contributed by atoms with Gasteiger partial charge in [-0.1, -0.05) is 25.0 Å². The molecule has 3 N–H and O–H groups in total. The summed E-state index contributed by atoms with van der Waals surface area (Å²) in [7, 11) is -6.52. The number of nitrogens with two attached hydrogens (primary N) is 1. The molecule has 1 amide bonds. The van der Waals surface area contributed by atoms with Crippen LogP contribution in [0.25, 0.3) is 0 Å². The molecule has 0 bridgehead atoms. The lowest BCUT2D eigenvalue weighted by Gasteiger charge is -2.10. The minimum absolute atomic E-state index is 0.0788. The molecule has 4 rings (SSSR count). The number of ether oxygens (including phenoxy) is 1. The number of hydrogen-bond donors (Lipinski definition) is 2. The summed E-state index contributed by atoms with van der Waals surface area (Å²) in [6.07, 6.45) is 22.1. The molecular formula is C33H42N2O7S2. The van der Waals surface area contributed by atoms with Gasteiger partial charge in [-0.3, -0.25) is 14.3 Å². The summed E-state index contributed by atoms with van der Waals surface area (Å²) in [5, 5.41) is 4.17. The third-order valence-electron chi connectivity index (χ3n) is 7.03. The van der Waals surface area contributed by atoms with Crippen molar-refractivity contribution in [2.24, 2.45) is 27.8 Å². The lowest BCUT2D eigenvalue weighted by atomic mass is 10.1. The second-order valence-corrected chi connectivity index (χ2v) is 14.5. The van der Waals surface area contributed by atoms with Crippen LogP contribution >= 0.6 is 0 Å². The Balaban J connectivity index is 0.000000563. The van der Waals surface area contributed by atoms with Crippen LogP contribution in [0.3, 0.4) is 0 Å². The predicted octanol–water partition coefficient (Wildman–Crippen LogP) is 2.91. The van der Waals surface area contributed by atoms with Crippen molar-refractivity contribution in [3.05, 3.63) is 25.3 Å². The highest BCUT2D eigenvalue weighted by Gasteiger charge is 2.56. The maximum absolute atomic E-state index is 11.7. The van der Waals surface area contributed by atoms with Crippen molar-refractivity contribution in [3.8, 4) is 60.7 Å². The van der Waals surface area contributed by atoms with Crippen LogP contribution in [0.4, 0.5) is 0 Å². The molecule has 4 saturated carbocycles. The van der Waals surface area contributed by atoms with E-state index in [4.69, 9.17) is 29.1 Å². The van der Waals surface area contributed by atoms with Crippen molar-refractivity contribution in [1.82, 2.24) is 4.72 Å². The second-order valence-electron chi connectivity index (χ2n) is 10.7. The number of terminal acetylenes is 3. The van der Waals surface area contributed by atoms with Gasteiger partial charge in [-0.05, 0) is 107 Å². The first-order chi connectivity index (χ1) is 20.5. The van der Waals surface area contributed by atoms with Gasteiger partial charge in [0.1, 0.15) is 0 Å². The zero-order chi connectivity index (χ0) is 34.2. The predicted molar refractivity (Wildman–Crippen MR) is 173 cm³/mol. The van der Waals surface area contributed by atoms with Gasteiger partial charge in [-0.15, -0.1) is 32.4 Å². The summed E-state index contributed by atoms with van der Waals surface area (Å²) in [5.74, 6) is 15.7. The van der Waals surface area contributed by atoms with E-state index >= 15 is 0 Å². The molecule has 4 fully saturated rings. The van der Waals surface area contributed by atoms with Crippen molar-refractivity contribution in [1.29, 1.82) is 0 Å². The van der Waals surface area contributed by atoms with E-state index in [-0.39, 0.29) is 33.7 Å². The number of allylic oxidation sites excluding steroid dienone is 2. The molecule has 4 atom stereocenters. The maximum atomic E-state index is 11.7. The Bertz CT molecular complexity index is 1510. The van der Waals surface area contributed by atoms with Gasteiger partial charge >= 0.3 is 5.97 Å². The highest BCUT2D eigenvalue weighted by atomic mass is 32.2. The Kier molecular flexibility index (Phi) is 16.4. The van der Waals surface area contributed by atoms with Crippen LogP contribution in [0.2, 0.25) is 0 Å². The van der Waals surface area contributed by atoms with Gasteiger partial charge in [0.2, 0.25) is 26.0 Å². The standard InChI is InChI=1S/C10H15NO3S.C9H14O2.C6H2.C5H4.C3H7NO2S/c1-3-7-6-10(7,2)9(12)11-15(13,14)8-4-5-8;1-4-7-6-9(7,3)8(10)11-5-2;1-3-5-6-4-2;1-3-5-4-2;4-7(5,6)3-1-2-3/h3,7-8H,1,4-6H2,2H3,(H,11,12);4,7H,1,5-6H2,2-3H3;1-2H;1H,2H3;3H,1-2H2,(H2,4,5,6)/t7-,10+;7-,9+;;;/m11.../s1. The fraction of sp³-hybridized carbons (Fsp3) is 0.515. The maximum Gasteiger partial charge on any atom is 0.312 e. The molecule has 0 spiro atoms. The summed E-state index contributed by atoms with van der Waals surface area (Å²) in [6, 6.07) is 0. The molecule has 0 unspecified atom stereocenters. The van der Waals surface area contributed by atoms with Crippen molar-refractivity contribution in [3.63, 3.8) is 0 Å². The molecular weight excluding hydrogens is 601 g/mol. The van der Waals surface area contributed by atoms with E-state index in [0.29, 0.717) is 31.8 Å². The van der Waals surface area contributed by atoms with Crippen molar-refractivity contribution in [2.75, 3.05) is 6.61 Å². The zero-order valence-electron chi connectivity index (χ0n) is 25.8. The van der Waals surface area contributed by atoms with E-state index in [9.17, 15) is 26.4 Å². The number of sulfonamides is 2. The third-order valence-corrected chi connectivity index (χ3v) is 10.2. The van der Waals surface area contributed by atoms with E-state index in [0.717, 1.165) is 19.3 Å². The number of carbonyl (C=O) groups is 2. The van der Waals surface area contributed by atoms with Gasteiger partial charge in [0.05, 0.1) is 27.9 Å². The zero-order valence-corrected chi connectivity index (χ0v) is 27.4. The van der Waals surface area contributed by atoms with Crippen molar-refractivity contribution >= 4 is 31.9 Å². The molecule has 0 aliphatic heterocycles. The molecule has 4 aliphatic carbocycles. The van der Waals surface area contributed by atoms with Gasteiger partial charge in [0.15, 0.2) is 0 Å². The molecule has 11 heteroatoms. The first-order valence-corrected chi connectivity index (χ1v) is 16.9. The summed E-state index contributed by atoms with van der Waals surface area (Å²) in [6.45, 7) is 15.0. The molecule has 0 saturated heterocycles. The summed E-state index contributed by atoms with van der Waals surface area (Å²) in [4.78, 5) is 22.9. The van der Waals surface area contributed by atoms with E-state index in [1.54, 1.807) is 19.9 Å². The number of hydrogen-bond acceptors (Lipinski definition) is 7. The van der Waals surface area contributed by atoms with Crippen LogP contribution < -0.4 is 9.86 Å². The third kappa shape index (κ3) is 14.0. The summed E-state index contributed by atoms with van der Waals surface area (Å²) >= 11 is 0. The Morgan fingerprint density at radius 3 is 1.57 bits per heavy atom. The molecule has 0 radical (unpaired) electrons. The van der Waals surface area contributed by atoms with E-state index in [2.05, 4.69) is 59.3 Å². The molecule has 0 aromatic rings. The first kappa shape index (κ1) is 40.1. The number of amides is 1. The first-order valence-electron chi connectivity index (χ1n) is 13.8. The van der Waals surface area contributed by atoms with Crippen LogP contribution in [0.5, 0.6) is 0 Å². The van der Waals surface area contributed by atoms with Crippen LogP contribution in [0.1, 0.15) is 66.2 Å². The van der Waals surface area contributed by atoms with Crippen LogP contribution in [-0.4, -0.2) is 45.8 Å². The molecule has 9 nitrogen and oxygen atoms in total. The molecule has 0 aromatic carbocycles. The Labute approximate surface area is 264 Å². The van der Waals surface area contributed by atoms with Gasteiger partial charge in [-0.25, -0.2) is 22.0 Å². The normalized spacial score (nSPS) is 24.8. The van der Waals surface area contributed by atoms with Gasteiger partial charge in [-0.2, -0.15) is 0 Å². The van der Waals surface area contributed by atoms with Gasteiger partial charge < -0.3 is 4.74 Å². The average Bonchev–Trinajstić information content (AvgIpc) is 3.79.